The molecule has 0 aromatic rings. The molecule has 76 valence electrons. The zero-order chi connectivity index (χ0) is 9.36. The summed E-state index contributed by atoms with van der Waals surface area (Å²) in [6.45, 7) is 3.68. The maximum Gasteiger partial charge on any atom is 0.0492 e. The van der Waals surface area contributed by atoms with E-state index in [1.165, 1.54) is 64.2 Å². The van der Waals surface area contributed by atoms with Crippen LogP contribution < -0.4 is 0 Å². The predicted molar refractivity (Wildman–Crippen MR) is 59.5 cm³/mol. The summed E-state index contributed by atoms with van der Waals surface area (Å²) in [5.41, 5.74) is 0. The first-order valence-electron chi connectivity index (χ1n) is 5.89. The Bertz CT molecular complexity index is 119. The standard InChI is InChI=1S/C12H23N/c1-13-12-10-8-6-4-2-3-5-7-9-11-12/h12H,1-11H2. The third-order valence-electron chi connectivity index (χ3n) is 3.08. The Morgan fingerprint density at radius 1 is 0.692 bits per heavy atom. The fraction of sp³-hybridized carbons (Fsp3) is 0.917. The number of aliphatic imine (C=N–C) groups is 1. The number of nitrogens with zero attached hydrogens (tertiary/aromatic N) is 1. The minimum Gasteiger partial charge on any atom is -0.298 e. The molecule has 0 aromatic heterocycles. The van der Waals surface area contributed by atoms with Gasteiger partial charge in [-0.25, -0.2) is 0 Å². The first-order chi connectivity index (χ1) is 6.43. The van der Waals surface area contributed by atoms with Crippen molar-refractivity contribution in [2.75, 3.05) is 0 Å². The Morgan fingerprint density at radius 3 is 1.46 bits per heavy atom. The topological polar surface area (TPSA) is 12.4 Å². The van der Waals surface area contributed by atoms with E-state index in [1.807, 2.05) is 0 Å². The van der Waals surface area contributed by atoms with Gasteiger partial charge in [0.25, 0.3) is 0 Å². The van der Waals surface area contributed by atoms with Crippen molar-refractivity contribution in [3.05, 3.63) is 0 Å². The van der Waals surface area contributed by atoms with Gasteiger partial charge in [-0.05, 0) is 19.6 Å². The lowest BCUT2D eigenvalue weighted by Crippen LogP contribution is -2.03. The summed E-state index contributed by atoms with van der Waals surface area (Å²) in [5.74, 6) is 0. The van der Waals surface area contributed by atoms with Crippen LogP contribution in [0.3, 0.4) is 0 Å². The van der Waals surface area contributed by atoms with Gasteiger partial charge in [0, 0.05) is 6.04 Å². The molecule has 1 aliphatic rings. The van der Waals surface area contributed by atoms with Crippen molar-refractivity contribution in [2.24, 2.45) is 4.99 Å². The van der Waals surface area contributed by atoms with E-state index < -0.39 is 0 Å². The van der Waals surface area contributed by atoms with Crippen LogP contribution >= 0.6 is 0 Å². The van der Waals surface area contributed by atoms with E-state index in [9.17, 15) is 0 Å². The molecular weight excluding hydrogens is 158 g/mol. The van der Waals surface area contributed by atoms with Crippen molar-refractivity contribution in [1.82, 2.24) is 0 Å². The molecule has 1 heteroatoms. The molecule has 0 amide bonds. The number of hydrogen-bond donors (Lipinski definition) is 0. The molecule has 0 N–H and O–H groups in total. The monoisotopic (exact) mass is 181 g/mol. The van der Waals surface area contributed by atoms with Crippen LogP contribution in [0.4, 0.5) is 0 Å². The van der Waals surface area contributed by atoms with Crippen LogP contribution in [0.2, 0.25) is 0 Å². The summed E-state index contributed by atoms with van der Waals surface area (Å²) < 4.78 is 0. The Labute approximate surface area is 82.6 Å². The second-order valence-electron chi connectivity index (χ2n) is 4.24. The molecule has 1 fully saturated rings. The SMILES string of the molecule is C=NC1CCCCCCCCCC1. The second-order valence-corrected chi connectivity index (χ2v) is 4.24. The maximum atomic E-state index is 4.20. The normalized spacial score (nSPS) is 23.4. The van der Waals surface area contributed by atoms with E-state index in [-0.39, 0.29) is 0 Å². The van der Waals surface area contributed by atoms with Gasteiger partial charge < -0.3 is 0 Å². The molecule has 0 aromatic carbocycles. The van der Waals surface area contributed by atoms with E-state index >= 15 is 0 Å². The fourth-order valence-electron chi connectivity index (χ4n) is 2.15. The summed E-state index contributed by atoms with van der Waals surface area (Å²) in [6, 6.07) is 0.568. The summed E-state index contributed by atoms with van der Waals surface area (Å²) in [5, 5.41) is 0. The van der Waals surface area contributed by atoms with Crippen molar-refractivity contribution in [1.29, 1.82) is 0 Å². The fourth-order valence-corrected chi connectivity index (χ4v) is 2.15. The lowest BCUT2D eigenvalue weighted by Gasteiger charge is -2.10. The van der Waals surface area contributed by atoms with Gasteiger partial charge in [0.05, 0.1) is 0 Å². The highest BCUT2D eigenvalue weighted by Gasteiger charge is 2.06. The van der Waals surface area contributed by atoms with Crippen LogP contribution in [0.15, 0.2) is 4.99 Å². The molecule has 0 bridgehead atoms. The van der Waals surface area contributed by atoms with Gasteiger partial charge in [-0.3, -0.25) is 4.99 Å². The molecular formula is C12H23N. The average molecular weight is 181 g/mol. The summed E-state index contributed by atoms with van der Waals surface area (Å²) in [4.78, 5) is 4.20. The molecule has 0 radical (unpaired) electrons. The van der Waals surface area contributed by atoms with E-state index in [0.29, 0.717) is 6.04 Å². The molecule has 0 spiro atoms. The molecule has 1 rings (SSSR count). The van der Waals surface area contributed by atoms with Crippen LogP contribution in [0, 0.1) is 0 Å². The van der Waals surface area contributed by atoms with Crippen LogP contribution in [0.25, 0.3) is 0 Å². The Kier molecular flexibility index (Phi) is 5.88. The lowest BCUT2D eigenvalue weighted by molar-refractivity contribution is 0.514. The van der Waals surface area contributed by atoms with Crippen molar-refractivity contribution < 1.29 is 0 Å². The van der Waals surface area contributed by atoms with E-state index in [2.05, 4.69) is 11.7 Å². The first-order valence-corrected chi connectivity index (χ1v) is 5.89. The molecule has 1 saturated carbocycles. The molecule has 0 unspecified atom stereocenters. The van der Waals surface area contributed by atoms with Gasteiger partial charge in [0.1, 0.15) is 0 Å². The minimum absolute atomic E-state index is 0.568. The maximum absolute atomic E-state index is 4.20. The molecule has 0 saturated heterocycles. The van der Waals surface area contributed by atoms with Gasteiger partial charge in [0.15, 0.2) is 0 Å². The molecule has 0 atom stereocenters. The predicted octanol–water partition coefficient (Wildman–Crippen LogP) is 3.97. The van der Waals surface area contributed by atoms with Crippen LogP contribution in [0.5, 0.6) is 0 Å². The third kappa shape index (κ3) is 5.07. The van der Waals surface area contributed by atoms with Gasteiger partial charge in [-0.2, -0.15) is 0 Å². The van der Waals surface area contributed by atoms with Crippen LogP contribution in [-0.2, 0) is 0 Å². The minimum atomic E-state index is 0.568. The largest absolute Gasteiger partial charge is 0.298 e. The van der Waals surface area contributed by atoms with Gasteiger partial charge in [-0.1, -0.05) is 51.4 Å². The molecule has 13 heavy (non-hydrogen) atoms. The van der Waals surface area contributed by atoms with E-state index in [1.54, 1.807) is 0 Å². The highest BCUT2D eigenvalue weighted by atomic mass is 14.7. The van der Waals surface area contributed by atoms with E-state index in [4.69, 9.17) is 0 Å². The molecule has 1 aliphatic carbocycles. The average Bonchev–Trinajstić information content (AvgIpc) is 2.22. The van der Waals surface area contributed by atoms with Gasteiger partial charge in [-0.15, -0.1) is 0 Å². The van der Waals surface area contributed by atoms with E-state index in [0.717, 1.165) is 0 Å². The van der Waals surface area contributed by atoms with Crippen molar-refractivity contribution in [3.63, 3.8) is 0 Å². The number of hydrogen-bond acceptors (Lipinski definition) is 1. The van der Waals surface area contributed by atoms with Gasteiger partial charge in [0.2, 0.25) is 0 Å². The second kappa shape index (κ2) is 7.11. The molecule has 1 nitrogen and oxygen atoms in total. The molecule has 0 heterocycles. The van der Waals surface area contributed by atoms with Gasteiger partial charge >= 0.3 is 0 Å². The Balaban J connectivity index is 2.22. The Morgan fingerprint density at radius 2 is 1.08 bits per heavy atom. The van der Waals surface area contributed by atoms with Crippen molar-refractivity contribution in [3.8, 4) is 0 Å². The summed E-state index contributed by atoms with van der Waals surface area (Å²) in [6.07, 6.45) is 13.9. The zero-order valence-electron chi connectivity index (χ0n) is 8.80. The summed E-state index contributed by atoms with van der Waals surface area (Å²) in [7, 11) is 0. The lowest BCUT2D eigenvalue weighted by atomic mass is 10.0. The first kappa shape index (κ1) is 10.7. The third-order valence-corrected chi connectivity index (χ3v) is 3.08. The zero-order valence-corrected chi connectivity index (χ0v) is 8.80. The smallest absolute Gasteiger partial charge is 0.0492 e. The number of rotatable bonds is 1. The van der Waals surface area contributed by atoms with Crippen LogP contribution in [-0.4, -0.2) is 12.8 Å². The van der Waals surface area contributed by atoms with Crippen molar-refractivity contribution >= 4 is 6.72 Å². The van der Waals surface area contributed by atoms with Crippen LogP contribution in [0.1, 0.15) is 64.2 Å². The highest BCUT2D eigenvalue weighted by Crippen LogP contribution is 2.18. The molecule has 0 aliphatic heterocycles. The highest BCUT2D eigenvalue weighted by molar-refractivity contribution is 5.24. The Hall–Kier alpha value is -0.330. The summed E-state index contributed by atoms with van der Waals surface area (Å²) >= 11 is 0. The van der Waals surface area contributed by atoms with Crippen molar-refractivity contribution in [2.45, 2.75) is 70.3 Å². The quantitative estimate of drug-likeness (QED) is 0.543.